The molecule has 0 spiro atoms. The van der Waals surface area contributed by atoms with Crippen LogP contribution in [0.3, 0.4) is 0 Å². The molecule has 0 aromatic rings. The lowest BCUT2D eigenvalue weighted by Gasteiger charge is -2.33. The summed E-state index contributed by atoms with van der Waals surface area (Å²) in [7, 11) is 1.63. The number of hydrogen-bond donors (Lipinski definition) is 2. The SMILES string of the molecule is CN=C(NCC1CCCO1)NCC1CCCCC1C(F)(F)F.I. The zero-order valence-electron chi connectivity index (χ0n) is 13.5. The maximum Gasteiger partial charge on any atom is 0.392 e. The summed E-state index contributed by atoms with van der Waals surface area (Å²) in [5.74, 6) is -0.998. The Kier molecular flexibility index (Phi) is 8.95. The van der Waals surface area contributed by atoms with Crippen LogP contribution in [0.1, 0.15) is 38.5 Å². The van der Waals surface area contributed by atoms with Gasteiger partial charge in [0.1, 0.15) is 0 Å². The molecule has 8 heteroatoms. The minimum atomic E-state index is -4.10. The summed E-state index contributed by atoms with van der Waals surface area (Å²) in [5.41, 5.74) is 0. The first-order valence-electron chi connectivity index (χ1n) is 8.13. The molecule has 0 bridgehead atoms. The third-order valence-corrected chi connectivity index (χ3v) is 4.61. The Labute approximate surface area is 153 Å². The molecule has 4 nitrogen and oxygen atoms in total. The van der Waals surface area contributed by atoms with E-state index in [2.05, 4.69) is 15.6 Å². The van der Waals surface area contributed by atoms with Crippen molar-refractivity contribution in [1.29, 1.82) is 0 Å². The van der Waals surface area contributed by atoms with Gasteiger partial charge in [-0.1, -0.05) is 12.8 Å². The van der Waals surface area contributed by atoms with Gasteiger partial charge in [-0.15, -0.1) is 24.0 Å². The van der Waals surface area contributed by atoms with Crippen molar-refractivity contribution in [2.75, 3.05) is 26.7 Å². The van der Waals surface area contributed by atoms with Gasteiger partial charge in [0.25, 0.3) is 0 Å². The van der Waals surface area contributed by atoms with Crippen LogP contribution in [0.2, 0.25) is 0 Å². The molecular weight excluding hydrogens is 422 g/mol. The first-order valence-corrected chi connectivity index (χ1v) is 8.13. The summed E-state index contributed by atoms with van der Waals surface area (Å²) in [4.78, 5) is 4.08. The number of ether oxygens (including phenoxy) is 1. The Morgan fingerprint density at radius 1 is 1.09 bits per heavy atom. The van der Waals surface area contributed by atoms with Crippen molar-refractivity contribution in [3.05, 3.63) is 0 Å². The molecule has 2 fully saturated rings. The normalized spacial score (nSPS) is 29.0. The van der Waals surface area contributed by atoms with Crippen molar-refractivity contribution in [2.45, 2.75) is 50.8 Å². The van der Waals surface area contributed by atoms with Crippen LogP contribution in [0.4, 0.5) is 13.2 Å². The fourth-order valence-electron chi connectivity index (χ4n) is 3.35. The van der Waals surface area contributed by atoms with Crippen LogP contribution in [0.25, 0.3) is 0 Å². The van der Waals surface area contributed by atoms with Crippen molar-refractivity contribution in [2.24, 2.45) is 16.8 Å². The molecule has 3 atom stereocenters. The Hall–Kier alpha value is -0.250. The van der Waals surface area contributed by atoms with E-state index < -0.39 is 12.1 Å². The molecule has 0 radical (unpaired) electrons. The van der Waals surface area contributed by atoms with Crippen molar-refractivity contribution in [1.82, 2.24) is 10.6 Å². The number of halogens is 4. The second kappa shape index (κ2) is 9.90. The number of aliphatic imine (C=N–C) groups is 1. The molecule has 3 unspecified atom stereocenters. The van der Waals surface area contributed by atoms with Gasteiger partial charge in [-0.05, 0) is 31.6 Å². The monoisotopic (exact) mass is 449 g/mol. The van der Waals surface area contributed by atoms with Crippen LogP contribution in [-0.2, 0) is 4.74 Å². The van der Waals surface area contributed by atoms with Crippen molar-refractivity contribution in [3.63, 3.8) is 0 Å². The van der Waals surface area contributed by atoms with Gasteiger partial charge >= 0.3 is 6.18 Å². The second-order valence-corrected chi connectivity index (χ2v) is 6.16. The highest BCUT2D eigenvalue weighted by Crippen LogP contribution is 2.41. The van der Waals surface area contributed by atoms with Crippen molar-refractivity contribution < 1.29 is 17.9 Å². The fourth-order valence-corrected chi connectivity index (χ4v) is 3.35. The third-order valence-electron chi connectivity index (χ3n) is 4.61. The summed E-state index contributed by atoms with van der Waals surface area (Å²) in [6, 6.07) is 0. The number of rotatable bonds is 4. The smallest absolute Gasteiger partial charge is 0.376 e. The maximum absolute atomic E-state index is 13.1. The van der Waals surface area contributed by atoms with Crippen molar-refractivity contribution in [3.8, 4) is 0 Å². The van der Waals surface area contributed by atoms with E-state index in [4.69, 9.17) is 4.74 Å². The predicted molar refractivity (Wildman–Crippen MR) is 95.3 cm³/mol. The minimum Gasteiger partial charge on any atom is -0.376 e. The zero-order valence-corrected chi connectivity index (χ0v) is 15.8. The molecule has 1 aliphatic heterocycles. The molecule has 0 amide bonds. The average Bonchev–Trinajstić information content (AvgIpc) is 3.00. The molecule has 2 N–H and O–H groups in total. The molecule has 2 aliphatic rings. The molecular formula is C15H27F3IN3O. The zero-order chi connectivity index (χ0) is 16.0. The second-order valence-electron chi connectivity index (χ2n) is 6.16. The number of nitrogens with zero attached hydrogens (tertiary/aromatic N) is 1. The lowest BCUT2D eigenvalue weighted by atomic mass is 9.79. The third kappa shape index (κ3) is 6.64. The number of hydrogen-bond acceptors (Lipinski definition) is 2. The Bertz CT molecular complexity index is 373. The molecule has 0 aromatic carbocycles. The van der Waals surface area contributed by atoms with E-state index in [1.54, 1.807) is 7.05 Å². The summed E-state index contributed by atoms with van der Waals surface area (Å²) >= 11 is 0. The van der Waals surface area contributed by atoms with Gasteiger partial charge in [-0.3, -0.25) is 4.99 Å². The van der Waals surface area contributed by atoms with Gasteiger partial charge < -0.3 is 15.4 Å². The Balaban J connectivity index is 0.00000264. The van der Waals surface area contributed by atoms with E-state index in [1.165, 1.54) is 0 Å². The summed E-state index contributed by atoms with van der Waals surface area (Å²) in [6.45, 7) is 1.75. The predicted octanol–water partition coefficient (Wildman–Crippen LogP) is 3.32. The standard InChI is InChI=1S/C15H26F3N3O.HI/c1-19-14(21-10-12-6-4-8-22-12)20-9-11-5-2-3-7-13(11)15(16,17)18;/h11-13H,2-10H2,1H3,(H2,19,20,21);1H. The van der Waals surface area contributed by atoms with Crippen molar-refractivity contribution >= 4 is 29.9 Å². The first kappa shape index (κ1) is 20.8. The summed E-state index contributed by atoms with van der Waals surface area (Å²) in [6.07, 6.45) is 0.583. The lowest BCUT2D eigenvalue weighted by Crippen LogP contribution is -2.45. The molecule has 2 rings (SSSR count). The van der Waals surface area contributed by atoms with E-state index in [-0.39, 0.29) is 42.4 Å². The quantitative estimate of drug-likeness (QED) is 0.394. The van der Waals surface area contributed by atoms with Crippen LogP contribution in [-0.4, -0.2) is 45.0 Å². The fraction of sp³-hybridized carbons (Fsp3) is 0.933. The highest BCUT2D eigenvalue weighted by Gasteiger charge is 2.45. The van der Waals surface area contributed by atoms with Crippen LogP contribution in [0.5, 0.6) is 0 Å². The number of guanidine groups is 1. The van der Waals surface area contributed by atoms with Crippen LogP contribution < -0.4 is 10.6 Å². The molecule has 0 aromatic heterocycles. The van der Waals surface area contributed by atoms with E-state index in [1.807, 2.05) is 0 Å². The Morgan fingerprint density at radius 3 is 2.39 bits per heavy atom. The molecule has 1 saturated carbocycles. The topological polar surface area (TPSA) is 45.7 Å². The van der Waals surface area contributed by atoms with Gasteiger partial charge in [-0.2, -0.15) is 13.2 Å². The van der Waals surface area contributed by atoms with Gasteiger partial charge in [-0.25, -0.2) is 0 Å². The van der Waals surface area contributed by atoms with Crippen LogP contribution in [0.15, 0.2) is 4.99 Å². The average molecular weight is 449 g/mol. The summed E-state index contributed by atoms with van der Waals surface area (Å²) in [5, 5.41) is 6.19. The molecule has 1 aliphatic carbocycles. The maximum atomic E-state index is 13.1. The van der Waals surface area contributed by atoms with Gasteiger partial charge in [0.15, 0.2) is 5.96 Å². The summed E-state index contributed by atoms with van der Waals surface area (Å²) < 4.78 is 44.7. The minimum absolute atomic E-state index is 0. The van der Waals surface area contributed by atoms with E-state index in [0.717, 1.165) is 25.9 Å². The van der Waals surface area contributed by atoms with E-state index >= 15 is 0 Å². The van der Waals surface area contributed by atoms with E-state index in [9.17, 15) is 13.2 Å². The van der Waals surface area contributed by atoms with Crippen LogP contribution in [0, 0.1) is 11.8 Å². The lowest BCUT2D eigenvalue weighted by molar-refractivity contribution is -0.195. The molecule has 136 valence electrons. The molecule has 1 heterocycles. The van der Waals surface area contributed by atoms with Crippen LogP contribution >= 0.6 is 24.0 Å². The first-order chi connectivity index (χ1) is 10.5. The van der Waals surface area contributed by atoms with Gasteiger partial charge in [0.05, 0.1) is 12.0 Å². The largest absolute Gasteiger partial charge is 0.392 e. The Morgan fingerprint density at radius 2 is 1.78 bits per heavy atom. The van der Waals surface area contributed by atoms with Gasteiger partial charge in [0.2, 0.25) is 0 Å². The number of alkyl halides is 3. The molecule has 1 saturated heterocycles. The molecule has 23 heavy (non-hydrogen) atoms. The number of nitrogens with one attached hydrogen (secondary N) is 2. The van der Waals surface area contributed by atoms with Gasteiger partial charge in [0, 0.05) is 26.7 Å². The van der Waals surface area contributed by atoms with E-state index in [0.29, 0.717) is 31.9 Å². The highest BCUT2D eigenvalue weighted by molar-refractivity contribution is 14.0. The highest BCUT2D eigenvalue weighted by atomic mass is 127.